The van der Waals surface area contributed by atoms with Gasteiger partial charge in [0.1, 0.15) is 30.1 Å². The molecule has 1 aliphatic rings. The predicted octanol–water partition coefficient (Wildman–Crippen LogP) is 6.01. The molecule has 0 N–H and O–H groups in total. The van der Waals surface area contributed by atoms with Gasteiger partial charge in [0, 0.05) is 13.1 Å². The normalized spacial score (nSPS) is 13.6. The second-order valence-electron chi connectivity index (χ2n) is 7.63. The van der Waals surface area contributed by atoms with Crippen LogP contribution in [-0.2, 0) is 13.1 Å². The standard InChI is InChI=1S/C25H20BrNO4/c1-16-6-8-17(9-7-16)12-27-13-19-21(30-15-27)11-10-18-24(28)23(14-29-25(18)19)31-22-5-3-2-4-20(22)26/h2-11,14H,12-13,15H2,1H3. The second-order valence-corrected chi connectivity index (χ2v) is 8.48. The first kappa shape index (κ1) is 19.8. The highest BCUT2D eigenvalue weighted by Gasteiger charge is 2.23. The van der Waals surface area contributed by atoms with Crippen molar-refractivity contribution in [3.8, 4) is 17.2 Å². The Hall–Kier alpha value is -3.09. The quantitative estimate of drug-likeness (QED) is 0.360. The van der Waals surface area contributed by atoms with Crippen LogP contribution in [0.3, 0.4) is 0 Å². The van der Waals surface area contributed by atoms with Gasteiger partial charge in [-0.25, -0.2) is 0 Å². The van der Waals surface area contributed by atoms with Gasteiger partial charge in [-0.1, -0.05) is 42.0 Å². The Balaban J connectivity index is 1.46. The molecular formula is C25H20BrNO4. The van der Waals surface area contributed by atoms with Crippen LogP contribution in [0.4, 0.5) is 0 Å². The number of hydrogen-bond donors (Lipinski definition) is 0. The fourth-order valence-electron chi connectivity index (χ4n) is 3.71. The maximum Gasteiger partial charge on any atom is 0.235 e. The molecule has 0 amide bonds. The summed E-state index contributed by atoms with van der Waals surface area (Å²) in [7, 11) is 0. The van der Waals surface area contributed by atoms with E-state index in [1.165, 1.54) is 17.4 Å². The summed E-state index contributed by atoms with van der Waals surface area (Å²) in [5.41, 5.74) is 3.65. The smallest absolute Gasteiger partial charge is 0.235 e. The molecule has 0 aliphatic carbocycles. The summed E-state index contributed by atoms with van der Waals surface area (Å²) in [6.45, 7) is 3.95. The molecule has 0 unspecified atom stereocenters. The third-order valence-electron chi connectivity index (χ3n) is 5.34. The molecule has 31 heavy (non-hydrogen) atoms. The second kappa shape index (κ2) is 8.21. The Labute approximate surface area is 188 Å². The minimum atomic E-state index is -0.213. The summed E-state index contributed by atoms with van der Waals surface area (Å²) >= 11 is 3.44. The van der Waals surface area contributed by atoms with Crippen LogP contribution in [0.5, 0.6) is 17.2 Å². The first-order valence-corrected chi connectivity index (χ1v) is 10.8. The number of fused-ring (bicyclic) bond motifs is 3. The first-order valence-electron chi connectivity index (χ1n) is 9.99. The summed E-state index contributed by atoms with van der Waals surface area (Å²) in [6, 6.07) is 19.4. The van der Waals surface area contributed by atoms with Gasteiger partial charge in [-0.05, 0) is 52.7 Å². The Bertz CT molecular complexity index is 1310. The fraction of sp³-hybridized carbons (Fsp3) is 0.160. The van der Waals surface area contributed by atoms with Crippen LogP contribution in [0.15, 0.2) is 80.6 Å². The van der Waals surface area contributed by atoms with Crippen molar-refractivity contribution in [1.82, 2.24) is 4.90 Å². The molecule has 2 heterocycles. The molecule has 0 saturated carbocycles. The number of hydrogen-bond acceptors (Lipinski definition) is 5. The molecule has 3 aromatic carbocycles. The molecule has 0 atom stereocenters. The van der Waals surface area contributed by atoms with Gasteiger partial charge in [-0.3, -0.25) is 9.69 Å². The van der Waals surface area contributed by atoms with Gasteiger partial charge in [0.05, 0.1) is 15.4 Å². The molecule has 5 rings (SSSR count). The Morgan fingerprint density at radius 2 is 1.84 bits per heavy atom. The van der Waals surface area contributed by atoms with E-state index in [0.717, 1.165) is 22.3 Å². The van der Waals surface area contributed by atoms with Crippen LogP contribution in [0.2, 0.25) is 0 Å². The lowest BCUT2D eigenvalue weighted by atomic mass is 10.1. The molecule has 0 bridgehead atoms. The van der Waals surface area contributed by atoms with Crippen molar-refractivity contribution in [2.45, 2.75) is 20.0 Å². The summed E-state index contributed by atoms with van der Waals surface area (Å²) in [6.07, 6.45) is 1.38. The lowest BCUT2D eigenvalue weighted by molar-refractivity contribution is 0.0890. The summed E-state index contributed by atoms with van der Waals surface area (Å²) in [5, 5.41) is 0.476. The van der Waals surface area contributed by atoms with Gasteiger partial charge in [0.25, 0.3) is 0 Å². The molecular weight excluding hydrogens is 458 g/mol. The average Bonchev–Trinajstić information content (AvgIpc) is 2.78. The van der Waals surface area contributed by atoms with E-state index in [1.54, 1.807) is 12.1 Å². The number of aryl methyl sites for hydroxylation is 1. The van der Waals surface area contributed by atoms with Gasteiger partial charge in [0.15, 0.2) is 0 Å². The topological polar surface area (TPSA) is 51.9 Å². The maximum atomic E-state index is 13.1. The minimum Gasteiger partial charge on any atom is -0.478 e. The molecule has 0 saturated heterocycles. The number of ether oxygens (including phenoxy) is 2. The zero-order valence-corrected chi connectivity index (χ0v) is 18.5. The van der Waals surface area contributed by atoms with Crippen LogP contribution < -0.4 is 14.9 Å². The summed E-state index contributed by atoms with van der Waals surface area (Å²) in [4.78, 5) is 15.3. The van der Waals surface area contributed by atoms with E-state index >= 15 is 0 Å². The number of nitrogens with zero attached hydrogens (tertiary/aromatic N) is 1. The van der Waals surface area contributed by atoms with Gasteiger partial charge >= 0.3 is 0 Å². The van der Waals surface area contributed by atoms with Gasteiger partial charge in [-0.15, -0.1) is 0 Å². The van der Waals surface area contributed by atoms with Crippen LogP contribution in [0, 0.1) is 6.92 Å². The molecule has 1 aromatic heterocycles. The molecule has 6 heteroatoms. The third-order valence-corrected chi connectivity index (χ3v) is 5.99. The van der Waals surface area contributed by atoms with Gasteiger partial charge in [0.2, 0.25) is 11.2 Å². The largest absolute Gasteiger partial charge is 0.478 e. The van der Waals surface area contributed by atoms with Crippen LogP contribution in [0.1, 0.15) is 16.7 Å². The van der Waals surface area contributed by atoms with Crippen molar-refractivity contribution >= 4 is 26.9 Å². The highest BCUT2D eigenvalue weighted by atomic mass is 79.9. The monoisotopic (exact) mass is 477 g/mol. The lowest BCUT2D eigenvalue weighted by Gasteiger charge is -2.29. The van der Waals surface area contributed by atoms with Gasteiger partial charge < -0.3 is 13.9 Å². The molecule has 0 spiro atoms. The number of benzene rings is 3. The Morgan fingerprint density at radius 3 is 2.65 bits per heavy atom. The van der Waals surface area contributed by atoms with Crippen molar-refractivity contribution in [3.63, 3.8) is 0 Å². The zero-order chi connectivity index (χ0) is 21.4. The molecule has 4 aromatic rings. The number of halogens is 1. The Morgan fingerprint density at radius 1 is 1.03 bits per heavy atom. The van der Waals surface area contributed by atoms with E-state index in [-0.39, 0.29) is 11.2 Å². The molecule has 1 aliphatic heterocycles. The van der Waals surface area contributed by atoms with E-state index in [9.17, 15) is 4.79 Å². The van der Waals surface area contributed by atoms with E-state index < -0.39 is 0 Å². The fourth-order valence-corrected chi connectivity index (χ4v) is 4.07. The van der Waals surface area contributed by atoms with Crippen molar-refractivity contribution in [2.75, 3.05) is 6.73 Å². The number of para-hydroxylation sites is 1. The van der Waals surface area contributed by atoms with Crippen molar-refractivity contribution in [3.05, 3.63) is 98.3 Å². The van der Waals surface area contributed by atoms with Crippen molar-refractivity contribution < 1.29 is 13.9 Å². The van der Waals surface area contributed by atoms with E-state index in [4.69, 9.17) is 13.9 Å². The van der Waals surface area contributed by atoms with E-state index in [2.05, 4.69) is 52.0 Å². The van der Waals surface area contributed by atoms with Crippen molar-refractivity contribution in [1.29, 1.82) is 0 Å². The molecule has 5 nitrogen and oxygen atoms in total. The van der Waals surface area contributed by atoms with Crippen molar-refractivity contribution in [2.24, 2.45) is 0 Å². The molecule has 0 fully saturated rings. The highest BCUT2D eigenvalue weighted by Crippen LogP contribution is 2.34. The molecule has 156 valence electrons. The lowest BCUT2D eigenvalue weighted by Crippen LogP contribution is -2.31. The Kier molecular flexibility index (Phi) is 5.26. The summed E-state index contributed by atoms with van der Waals surface area (Å²) < 4.78 is 18.4. The minimum absolute atomic E-state index is 0.146. The highest BCUT2D eigenvalue weighted by molar-refractivity contribution is 9.10. The van der Waals surface area contributed by atoms with E-state index in [1.807, 2.05) is 24.3 Å². The molecule has 0 radical (unpaired) electrons. The van der Waals surface area contributed by atoms with E-state index in [0.29, 0.717) is 30.0 Å². The summed E-state index contributed by atoms with van der Waals surface area (Å²) in [5.74, 6) is 1.45. The maximum absolute atomic E-state index is 13.1. The first-order chi connectivity index (χ1) is 15.1. The average molecular weight is 478 g/mol. The van der Waals surface area contributed by atoms with Crippen LogP contribution in [-0.4, -0.2) is 11.6 Å². The zero-order valence-electron chi connectivity index (χ0n) is 16.9. The van der Waals surface area contributed by atoms with Crippen LogP contribution in [0.25, 0.3) is 11.0 Å². The number of rotatable bonds is 4. The van der Waals surface area contributed by atoms with Crippen LogP contribution >= 0.6 is 15.9 Å². The van der Waals surface area contributed by atoms with Gasteiger partial charge in [-0.2, -0.15) is 0 Å². The third kappa shape index (κ3) is 3.96. The SMILES string of the molecule is Cc1ccc(CN2COc3ccc4c(=O)c(Oc5ccccc5Br)coc4c3C2)cc1. The predicted molar refractivity (Wildman–Crippen MR) is 123 cm³/mol.